The van der Waals surface area contributed by atoms with Crippen LogP contribution in [-0.4, -0.2) is 25.8 Å². The molecule has 112 valence electrons. The van der Waals surface area contributed by atoms with E-state index in [1.165, 1.54) is 11.1 Å². The molecule has 1 aliphatic carbocycles. The lowest BCUT2D eigenvalue weighted by atomic mass is 9.83. The first-order chi connectivity index (χ1) is 10.0. The maximum atomic E-state index is 12.7. The second-order valence-corrected chi connectivity index (χ2v) is 7.73. The first kappa shape index (κ1) is 14.5. The summed E-state index contributed by atoms with van der Waals surface area (Å²) >= 11 is 0. The molecule has 0 N–H and O–H groups in total. The monoisotopic (exact) mass is 303 g/mol. The molecule has 2 atom stereocenters. The van der Waals surface area contributed by atoms with Crippen LogP contribution >= 0.6 is 0 Å². The SMILES string of the molecule is CCC1=C2CN(S(=O)(=O)c3ccccc3)C[C@H]2C=C[C@H]1C. The van der Waals surface area contributed by atoms with Crippen molar-refractivity contribution in [1.29, 1.82) is 0 Å². The van der Waals surface area contributed by atoms with Crippen LogP contribution < -0.4 is 0 Å². The summed E-state index contributed by atoms with van der Waals surface area (Å²) in [6, 6.07) is 8.73. The molecule has 3 rings (SSSR count). The summed E-state index contributed by atoms with van der Waals surface area (Å²) in [5.41, 5.74) is 2.72. The highest BCUT2D eigenvalue weighted by molar-refractivity contribution is 7.89. The summed E-state index contributed by atoms with van der Waals surface area (Å²) in [5, 5.41) is 0. The van der Waals surface area contributed by atoms with Crippen molar-refractivity contribution in [3.63, 3.8) is 0 Å². The molecule has 1 aromatic carbocycles. The van der Waals surface area contributed by atoms with Crippen molar-refractivity contribution in [1.82, 2.24) is 4.31 Å². The summed E-state index contributed by atoms with van der Waals surface area (Å²) in [7, 11) is -3.38. The van der Waals surface area contributed by atoms with Gasteiger partial charge < -0.3 is 0 Å². The standard InChI is InChI=1S/C17H21NO2S/c1-3-16-13(2)9-10-14-11-18(12-17(14)16)21(19,20)15-7-5-4-6-8-15/h4-10,13-14H,3,11-12H2,1-2H3/t13-,14-/m1/s1. The molecule has 0 bridgehead atoms. The zero-order valence-corrected chi connectivity index (χ0v) is 13.3. The predicted octanol–water partition coefficient (Wildman–Crippen LogP) is 3.22. The van der Waals surface area contributed by atoms with Gasteiger partial charge in [-0.25, -0.2) is 8.42 Å². The van der Waals surface area contributed by atoms with Gasteiger partial charge in [-0.1, -0.05) is 49.8 Å². The van der Waals surface area contributed by atoms with Crippen LogP contribution in [-0.2, 0) is 10.0 Å². The van der Waals surface area contributed by atoms with E-state index in [0.717, 1.165) is 6.42 Å². The Hall–Kier alpha value is -1.39. The van der Waals surface area contributed by atoms with Gasteiger partial charge in [-0.3, -0.25) is 0 Å². The highest BCUT2D eigenvalue weighted by Crippen LogP contribution is 2.37. The molecule has 0 amide bonds. The lowest BCUT2D eigenvalue weighted by Crippen LogP contribution is -2.28. The van der Waals surface area contributed by atoms with Gasteiger partial charge in [0.2, 0.25) is 10.0 Å². The normalized spacial score (nSPS) is 26.2. The van der Waals surface area contributed by atoms with Gasteiger partial charge in [0.15, 0.2) is 0 Å². The Labute approximate surface area is 127 Å². The Balaban J connectivity index is 1.94. The van der Waals surface area contributed by atoms with Gasteiger partial charge in [-0.05, 0) is 30.0 Å². The molecule has 1 heterocycles. The van der Waals surface area contributed by atoms with Gasteiger partial charge >= 0.3 is 0 Å². The van der Waals surface area contributed by atoms with E-state index in [0.29, 0.717) is 23.9 Å². The van der Waals surface area contributed by atoms with Crippen LogP contribution in [0.15, 0.2) is 58.5 Å². The molecule has 0 spiro atoms. The smallest absolute Gasteiger partial charge is 0.207 e. The number of allylic oxidation sites excluding steroid dienone is 2. The fourth-order valence-corrected chi connectivity index (χ4v) is 4.87. The van der Waals surface area contributed by atoms with Crippen LogP contribution in [0.1, 0.15) is 20.3 Å². The van der Waals surface area contributed by atoms with Gasteiger partial charge in [-0.2, -0.15) is 4.31 Å². The summed E-state index contributed by atoms with van der Waals surface area (Å²) < 4.78 is 27.1. The number of benzene rings is 1. The highest BCUT2D eigenvalue weighted by atomic mass is 32.2. The van der Waals surface area contributed by atoms with Crippen LogP contribution in [0, 0.1) is 11.8 Å². The van der Waals surface area contributed by atoms with E-state index in [2.05, 4.69) is 26.0 Å². The Bertz CT molecular complexity index is 689. The van der Waals surface area contributed by atoms with Crippen LogP contribution in [0.2, 0.25) is 0 Å². The average Bonchev–Trinajstić information content (AvgIpc) is 2.93. The molecule has 1 fully saturated rings. The minimum Gasteiger partial charge on any atom is -0.207 e. The van der Waals surface area contributed by atoms with Crippen molar-refractivity contribution in [3.8, 4) is 0 Å². The van der Waals surface area contributed by atoms with Gasteiger partial charge in [0, 0.05) is 19.0 Å². The van der Waals surface area contributed by atoms with Crippen LogP contribution in [0.3, 0.4) is 0 Å². The van der Waals surface area contributed by atoms with Crippen LogP contribution in [0.25, 0.3) is 0 Å². The Morgan fingerprint density at radius 3 is 2.57 bits per heavy atom. The van der Waals surface area contributed by atoms with Crippen molar-refractivity contribution in [2.45, 2.75) is 25.2 Å². The summed E-state index contributed by atoms with van der Waals surface area (Å²) in [5.74, 6) is 0.690. The third-order valence-electron chi connectivity index (χ3n) is 4.55. The largest absolute Gasteiger partial charge is 0.243 e. The third-order valence-corrected chi connectivity index (χ3v) is 6.38. The quantitative estimate of drug-likeness (QED) is 0.804. The molecule has 1 aliphatic heterocycles. The first-order valence-corrected chi connectivity index (χ1v) is 8.93. The number of hydrogen-bond acceptors (Lipinski definition) is 2. The average molecular weight is 303 g/mol. The number of nitrogens with zero attached hydrogens (tertiary/aromatic N) is 1. The summed E-state index contributed by atoms with van der Waals surface area (Å²) in [4.78, 5) is 0.388. The predicted molar refractivity (Wildman–Crippen MR) is 84.3 cm³/mol. The van der Waals surface area contributed by atoms with Crippen molar-refractivity contribution in [2.24, 2.45) is 11.8 Å². The lowest BCUT2D eigenvalue weighted by molar-refractivity contribution is 0.471. The number of sulfonamides is 1. The molecule has 2 aliphatic rings. The minimum atomic E-state index is -3.38. The fraction of sp³-hybridized carbons (Fsp3) is 0.412. The van der Waals surface area contributed by atoms with Crippen molar-refractivity contribution in [2.75, 3.05) is 13.1 Å². The van der Waals surface area contributed by atoms with Gasteiger partial charge in [-0.15, -0.1) is 0 Å². The summed E-state index contributed by atoms with van der Waals surface area (Å²) in [6.07, 6.45) is 5.39. The molecule has 0 aromatic heterocycles. The zero-order valence-electron chi connectivity index (χ0n) is 12.5. The van der Waals surface area contributed by atoms with Gasteiger partial charge in [0.1, 0.15) is 0 Å². The second kappa shape index (κ2) is 5.43. The Morgan fingerprint density at radius 2 is 1.90 bits per heavy atom. The number of rotatable bonds is 3. The topological polar surface area (TPSA) is 37.4 Å². The molecule has 1 saturated heterocycles. The van der Waals surface area contributed by atoms with Crippen molar-refractivity contribution < 1.29 is 8.42 Å². The maximum absolute atomic E-state index is 12.7. The van der Waals surface area contributed by atoms with Crippen LogP contribution in [0.4, 0.5) is 0 Å². The second-order valence-electron chi connectivity index (χ2n) is 5.79. The van der Waals surface area contributed by atoms with Crippen molar-refractivity contribution >= 4 is 10.0 Å². The first-order valence-electron chi connectivity index (χ1n) is 7.49. The molecule has 0 saturated carbocycles. The van der Waals surface area contributed by atoms with Gasteiger partial charge in [0.05, 0.1) is 4.90 Å². The molecule has 3 nitrogen and oxygen atoms in total. The molecule has 0 radical (unpaired) electrons. The van der Waals surface area contributed by atoms with E-state index in [-0.39, 0.29) is 5.92 Å². The van der Waals surface area contributed by atoms with E-state index in [9.17, 15) is 8.42 Å². The molecule has 1 aromatic rings. The molecule has 4 heteroatoms. The Kier molecular flexibility index (Phi) is 3.76. The van der Waals surface area contributed by atoms with E-state index in [1.54, 1.807) is 28.6 Å². The lowest BCUT2D eigenvalue weighted by Gasteiger charge is -2.22. The molecular weight excluding hydrogens is 282 g/mol. The summed E-state index contributed by atoms with van der Waals surface area (Å²) in [6.45, 7) is 5.45. The number of hydrogen-bond donors (Lipinski definition) is 0. The minimum absolute atomic E-state index is 0.259. The zero-order chi connectivity index (χ0) is 15.0. The van der Waals surface area contributed by atoms with E-state index in [1.807, 2.05) is 6.07 Å². The van der Waals surface area contributed by atoms with E-state index in [4.69, 9.17) is 0 Å². The van der Waals surface area contributed by atoms with Crippen LogP contribution in [0.5, 0.6) is 0 Å². The van der Waals surface area contributed by atoms with Crippen molar-refractivity contribution in [3.05, 3.63) is 53.6 Å². The number of fused-ring (bicyclic) bond motifs is 1. The third kappa shape index (κ3) is 2.47. The Morgan fingerprint density at radius 1 is 1.19 bits per heavy atom. The maximum Gasteiger partial charge on any atom is 0.243 e. The molecular formula is C17H21NO2S. The molecule has 0 unspecified atom stereocenters. The van der Waals surface area contributed by atoms with E-state index >= 15 is 0 Å². The fourth-order valence-electron chi connectivity index (χ4n) is 3.40. The molecule has 21 heavy (non-hydrogen) atoms. The van der Waals surface area contributed by atoms with E-state index < -0.39 is 10.0 Å². The highest BCUT2D eigenvalue weighted by Gasteiger charge is 2.37. The van der Waals surface area contributed by atoms with Gasteiger partial charge in [0.25, 0.3) is 0 Å².